The van der Waals surface area contributed by atoms with Crippen LogP contribution in [0.3, 0.4) is 0 Å². The van der Waals surface area contributed by atoms with E-state index in [9.17, 15) is 0 Å². The predicted molar refractivity (Wildman–Crippen MR) is 39.5 cm³/mol. The standard InChI is InChI=1S/C7H14N2/c1-3-4-7-5-8-9(2)6-7/h5,7H,3-4,6H2,1-2H3. The van der Waals surface area contributed by atoms with Crippen LogP contribution in [0, 0.1) is 5.92 Å². The molecule has 0 aliphatic carbocycles. The summed E-state index contributed by atoms with van der Waals surface area (Å²) in [6, 6.07) is 0. The van der Waals surface area contributed by atoms with E-state index in [-0.39, 0.29) is 0 Å². The van der Waals surface area contributed by atoms with E-state index in [4.69, 9.17) is 0 Å². The molecule has 0 aromatic rings. The summed E-state index contributed by atoms with van der Waals surface area (Å²) >= 11 is 0. The van der Waals surface area contributed by atoms with Gasteiger partial charge in [-0.2, -0.15) is 5.10 Å². The van der Waals surface area contributed by atoms with E-state index in [2.05, 4.69) is 18.2 Å². The fourth-order valence-corrected chi connectivity index (χ4v) is 1.18. The fourth-order valence-electron chi connectivity index (χ4n) is 1.18. The molecule has 0 radical (unpaired) electrons. The highest BCUT2D eigenvalue weighted by molar-refractivity contribution is 5.62. The SMILES string of the molecule is CCCC1C=NN(C)C1. The second-order valence-corrected chi connectivity index (χ2v) is 2.65. The summed E-state index contributed by atoms with van der Waals surface area (Å²) in [7, 11) is 2.02. The lowest BCUT2D eigenvalue weighted by Gasteiger charge is -2.07. The monoisotopic (exact) mass is 126 g/mol. The molecule has 2 nitrogen and oxygen atoms in total. The maximum absolute atomic E-state index is 4.14. The predicted octanol–water partition coefficient (Wildman–Crippen LogP) is 1.33. The molecule has 0 aromatic heterocycles. The third-order valence-electron chi connectivity index (χ3n) is 1.63. The molecule has 1 aliphatic rings. The Bertz CT molecular complexity index is 109. The lowest BCUT2D eigenvalue weighted by Crippen LogP contribution is -2.12. The summed E-state index contributed by atoms with van der Waals surface area (Å²) in [5.41, 5.74) is 0. The van der Waals surface area contributed by atoms with Crippen molar-refractivity contribution < 1.29 is 0 Å². The van der Waals surface area contributed by atoms with Gasteiger partial charge in [0.1, 0.15) is 0 Å². The molecule has 0 N–H and O–H groups in total. The molecule has 0 fully saturated rings. The van der Waals surface area contributed by atoms with Crippen LogP contribution in [-0.2, 0) is 0 Å². The Labute approximate surface area is 56.5 Å². The zero-order chi connectivity index (χ0) is 6.69. The molecule has 0 aromatic carbocycles. The number of hydrogen-bond donors (Lipinski definition) is 0. The third kappa shape index (κ3) is 1.70. The maximum Gasteiger partial charge on any atom is 0.0435 e. The molecular formula is C7H14N2. The summed E-state index contributed by atoms with van der Waals surface area (Å²) in [4.78, 5) is 0. The van der Waals surface area contributed by atoms with Gasteiger partial charge in [0, 0.05) is 25.7 Å². The van der Waals surface area contributed by atoms with E-state index < -0.39 is 0 Å². The molecule has 0 amide bonds. The summed E-state index contributed by atoms with van der Waals surface area (Å²) in [5, 5.41) is 6.14. The van der Waals surface area contributed by atoms with Gasteiger partial charge in [-0.25, -0.2) is 0 Å². The van der Waals surface area contributed by atoms with Crippen molar-refractivity contribution in [1.82, 2.24) is 5.01 Å². The molecule has 1 unspecified atom stereocenters. The quantitative estimate of drug-likeness (QED) is 0.545. The van der Waals surface area contributed by atoms with E-state index in [1.54, 1.807) is 0 Å². The Kier molecular flexibility index (Phi) is 2.09. The molecule has 1 atom stereocenters. The van der Waals surface area contributed by atoms with Gasteiger partial charge < -0.3 is 0 Å². The van der Waals surface area contributed by atoms with Crippen molar-refractivity contribution >= 4 is 6.21 Å². The highest BCUT2D eigenvalue weighted by atomic mass is 15.4. The first-order valence-electron chi connectivity index (χ1n) is 3.58. The van der Waals surface area contributed by atoms with Gasteiger partial charge >= 0.3 is 0 Å². The molecule has 9 heavy (non-hydrogen) atoms. The summed E-state index contributed by atoms with van der Waals surface area (Å²) in [6.07, 6.45) is 4.61. The molecule has 1 rings (SSSR count). The highest BCUT2D eigenvalue weighted by Gasteiger charge is 2.11. The minimum Gasteiger partial charge on any atom is -0.300 e. The first-order chi connectivity index (χ1) is 4.33. The number of rotatable bonds is 2. The van der Waals surface area contributed by atoms with E-state index in [0.717, 1.165) is 12.5 Å². The van der Waals surface area contributed by atoms with Crippen LogP contribution in [0.4, 0.5) is 0 Å². The van der Waals surface area contributed by atoms with Crippen LogP contribution >= 0.6 is 0 Å². The Morgan fingerprint density at radius 1 is 1.78 bits per heavy atom. The van der Waals surface area contributed by atoms with Crippen molar-refractivity contribution in [2.45, 2.75) is 19.8 Å². The van der Waals surface area contributed by atoms with E-state index in [0.29, 0.717) is 0 Å². The van der Waals surface area contributed by atoms with Gasteiger partial charge in [-0.1, -0.05) is 13.3 Å². The highest BCUT2D eigenvalue weighted by Crippen LogP contribution is 2.10. The van der Waals surface area contributed by atoms with Gasteiger partial charge in [0.15, 0.2) is 0 Å². The van der Waals surface area contributed by atoms with Crippen molar-refractivity contribution in [2.24, 2.45) is 11.0 Å². The van der Waals surface area contributed by atoms with E-state index in [1.807, 2.05) is 12.1 Å². The lowest BCUT2D eigenvalue weighted by molar-refractivity contribution is 0.354. The number of hydrazone groups is 1. The molecule has 0 saturated heterocycles. The van der Waals surface area contributed by atoms with Crippen LogP contribution in [0.2, 0.25) is 0 Å². The maximum atomic E-state index is 4.14. The normalized spacial score (nSPS) is 25.6. The third-order valence-corrected chi connectivity index (χ3v) is 1.63. The van der Waals surface area contributed by atoms with Crippen LogP contribution in [-0.4, -0.2) is 24.8 Å². The fraction of sp³-hybridized carbons (Fsp3) is 0.857. The summed E-state index contributed by atoms with van der Waals surface area (Å²) in [5.74, 6) is 0.722. The van der Waals surface area contributed by atoms with Crippen molar-refractivity contribution in [2.75, 3.05) is 13.6 Å². The Morgan fingerprint density at radius 2 is 2.56 bits per heavy atom. The van der Waals surface area contributed by atoms with Gasteiger partial charge in [0.2, 0.25) is 0 Å². The van der Waals surface area contributed by atoms with Crippen LogP contribution in [0.5, 0.6) is 0 Å². The molecule has 0 saturated carbocycles. The van der Waals surface area contributed by atoms with Crippen molar-refractivity contribution in [3.8, 4) is 0 Å². The summed E-state index contributed by atoms with van der Waals surface area (Å²) < 4.78 is 0. The minimum absolute atomic E-state index is 0.722. The number of hydrogen-bond acceptors (Lipinski definition) is 2. The van der Waals surface area contributed by atoms with Crippen LogP contribution < -0.4 is 0 Å². The van der Waals surface area contributed by atoms with Gasteiger partial charge in [0.25, 0.3) is 0 Å². The topological polar surface area (TPSA) is 15.6 Å². The average Bonchev–Trinajstić information content (AvgIpc) is 2.17. The Balaban J connectivity index is 2.24. The Morgan fingerprint density at radius 3 is 3.00 bits per heavy atom. The zero-order valence-corrected chi connectivity index (χ0v) is 6.17. The smallest absolute Gasteiger partial charge is 0.0435 e. The molecular weight excluding hydrogens is 112 g/mol. The molecule has 1 heterocycles. The second kappa shape index (κ2) is 2.85. The van der Waals surface area contributed by atoms with Gasteiger partial charge in [-0.15, -0.1) is 0 Å². The Hall–Kier alpha value is -0.530. The van der Waals surface area contributed by atoms with Crippen molar-refractivity contribution in [1.29, 1.82) is 0 Å². The van der Waals surface area contributed by atoms with Gasteiger partial charge in [-0.05, 0) is 6.42 Å². The zero-order valence-electron chi connectivity index (χ0n) is 6.17. The molecule has 1 aliphatic heterocycles. The first-order valence-corrected chi connectivity index (χ1v) is 3.58. The van der Waals surface area contributed by atoms with Crippen LogP contribution in [0.15, 0.2) is 5.10 Å². The molecule has 52 valence electrons. The second-order valence-electron chi connectivity index (χ2n) is 2.65. The van der Waals surface area contributed by atoms with Crippen molar-refractivity contribution in [3.05, 3.63) is 0 Å². The van der Waals surface area contributed by atoms with Crippen LogP contribution in [0.25, 0.3) is 0 Å². The van der Waals surface area contributed by atoms with Gasteiger partial charge in [0.05, 0.1) is 0 Å². The van der Waals surface area contributed by atoms with E-state index >= 15 is 0 Å². The average molecular weight is 126 g/mol. The molecule has 2 heteroatoms. The van der Waals surface area contributed by atoms with Crippen LogP contribution in [0.1, 0.15) is 19.8 Å². The molecule has 0 bridgehead atoms. The number of nitrogens with zero attached hydrogens (tertiary/aromatic N) is 2. The largest absolute Gasteiger partial charge is 0.300 e. The summed E-state index contributed by atoms with van der Waals surface area (Å²) in [6.45, 7) is 3.33. The molecule has 0 spiro atoms. The van der Waals surface area contributed by atoms with E-state index in [1.165, 1.54) is 12.8 Å². The first kappa shape index (κ1) is 6.59. The lowest BCUT2D eigenvalue weighted by atomic mass is 10.1. The van der Waals surface area contributed by atoms with Crippen molar-refractivity contribution in [3.63, 3.8) is 0 Å². The minimum atomic E-state index is 0.722. The van der Waals surface area contributed by atoms with Gasteiger partial charge in [-0.3, -0.25) is 5.01 Å².